The van der Waals surface area contributed by atoms with Crippen LogP contribution in [-0.2, 0) is 0 Å². The van der Waals surface area contributed by atoms with Crippen molar-refractivity contribution < 1.29 is 4.74 Å². The fraction of sp³-hybridized carbons (Fsp3) is 0.300. The Labute approximate surface area is 77.9 Å². The van der Waals surface area contributed by atoms with Gasteiger partial charge in [0.05, 0.1) is 6.61 Å². The second kappa shape index (κ2) is 4.36. The van der Waals surface area contributed by atoms with Crippen LogP contribution in [0.15, 0.2) is 12.1 Å². The molecule has 0 bridgehead atoms. The highest BCUT2D eigenvalue weighted by atomic mass is 16.5. The Balaban J connectivity index is 2.62. The smallest absolute Gasteiger partial charge is 0.166 e. The first-order chi connectivity index (χ1) is 6.24. The molecule has 0 fully saturated rings. The summed E-state index contributed by atoms with van der Waals surface area (Å²) >= 11 is 0. The van der Waals surface area contributed by atoms with E-state index in [4.69, 9.17) is 16.9 Å². The number of nitrogens with two attached hydrogens (primary N) is 1. The molecule has 0 spiro atoms. The minimum atomic E-state index is 0.414. The molecule has 0 atom stereocenters. The van der Waals surface area contributed by atoms with Crippen LogP contribution < -0.4 is 10.5 Å². The zero-order valence-electron chi connectivity index (χ0n) is 7.58. The molecule has 1 aromatic rings. The summed E-state index contributed by atoms with van der Waals surface area (Å²) < 4.78 is 5.30. The summed E-state index contributed by atoms with van der Waals surface area (Å²) in [7, 11) is 0. The molecular formula is C10H12N2O. The first-order valence-electron chi connectivity index (χ1n) is 4.03. The predicted molar refractivity (Wildman–Crippen MR) is 52.3 cm³/mol. The van der Waals surface area contributed by atoms with Gasteiger partial charge in [-0.1, -0.05) is 0 Å². The van der Waals surface area contributed by atoms with E-state index in [1.807, 2.05) is 13.0 Å². The predicted octanol–water partition coefficient (Wildman–Crippen LogP) is 1.37. The van der Waals surface area contributed by atoms with Crippen molar-refractivity contribution in [3.8, 4) is 18.1 Å². The normalized spacial score (nSPS) is 9.23. The molecule has 0 aliphatic rings. The number of aromatic nitrogens is 1. The fourth-order valence-electron chi connectivity index (χ4n) is 0.906. The summed E-state index contributed by atoms with van der Waals surface area (Å²) in [4.78, 5) is 4.05. The van der Waals surface area contributed by atoms with E-state index >= 15 is 0 Å². The average Bonchev–Trinajstić information content (AvgIpc) is 2.09. The number of aryl methyl sites for hydroxylation is 1. The maximum Gasteiger partial charge on any atom is 0.166 e. The minimum absolute atomic E-state index is 0.414. The molecule has 13 heavy (non-hydrogen) atoms. The number of terminal acetylenes is 1. The third-order valence-electron chi connectivity index (χ3n) is 1.53. The van der Waals surface area contributed by atoms with Crippen LogP contribution >= 0.6 is 0 Å². The van der Waals surface area contributed by atoms with Crippen molar-refractivity contribution in [2.24, 2.45) is 0 Å². The monoisotopic (exact) mass is 176 g/mol. The highest BCUT2D eigenvalue weighted by Gasteiger charge is 2.00. The van der Waals surface area contributed by atoms with Crippen molar-refractivity contribution in [3.05, 3.63) is 17.8 Å². The van der Waals surface area contributed by atoms with Crippen molar-refractivity contribution in [3.63, 3.8) is 0 Å². The number of anilines is 1. The van der Waals surface area contributed by atoms with Gasteiger partial charge >= 0.3 is 0 Å². The molecule has 0 saturated carbocycles. The standard InChI is InChI=1S/C10H12N2O/c1-3-4-7-13-9-6-5-8(2)12-10(9)11/h1,5-6H,4,7H2,2H3,(H2,11,12). The molecule has 0 unspecified atom stereocenters. The van der Waals surface area contributed by atoms with E-state index in [0.29, 0.717) is 24.6 Å². The number of nitrogens with zero attached hydrogens (tertiary/aromatic N) is 1. The summed E-state index contributed by atoms with van der Waals surface area (Å²) in [6, 6.07) is 3.65. The summed E-state index contributed by atoms with van der Waals surface area (Å²) in [6.07, 6.45) is 5.65. The highest BCUT2D eigenvalue weighted by molar-refractivity contribution is 5.46. The molecule has 68 valence electrons. The van der Waals surface area contributed by atoms with Crippen LogP contribution in [-0.4, -0.2) is 11.6 Å². The average molecular weight is 176 g/mol. The van der Waals surface area contributed by atoms with E-state index in [2.05, 4.69) is 10.9 Å². The molecule has 0 aromatic carbocycles. The number of hydrogen-bond acceptors (Lipinski definition) is 3. The lowest BCUT2D eigenvalue weighted by molar-refractivity contribution is 0.328. The summed E-state index contributed by atoms with van der Waals surface area (Å²) in [5, 5.41) is 0. The number of ether oxygens (including phenoxy) is 1. The molecule has 0 radical (unpaired) electrons. The van der Waals surface area contributed by atoms with E-state index in [9.17, 15) is 0 Å². The van der Waals surface area contributed by atoms with Gasteiger partial charge < -0.3 is 10.5 Å². The summed E-state index contributed by atoms with van der Waals surface area (Å²) in [5.74, 6) is 3.49. The van der Waals surface area contributed by atoms with Crippen LogP contribution in [0.3, 0.4) is 0 Å². The van der Waals surface area contributed by atoms with E-state index < -0.39 is 0 Å². The Kier molecular flexibility index (Phi) is 3.15. The van der Waals surface area contributed by atoms with Crippen molar-refractivity contribution in [1.82, 2.24) is 4.98 Å². The Morgan fingerprint density at radius 1 is 1.62 bits per heavy atom. The van der Waals surface area contributed by atoms with Gasteiger partial charge in [0, 0.05) is 12.1 Å². The highest BCUT2D eigenvalue weighted by Crippen LogP contribution is 2.18. The Morgan fingerprint density at radius 3 is 3.00 bits per heavy atom. The first kappa shape index (κ1) is 9.40. The van der Waals surface area contributed by atoms with E-state index in [1.165, 1.54) is 0 Å². The molecular weight excluding hydrogens is 164 g/mol. The zero-order valence-corrected chi connectivity index (χ0v) is 7.58. The molecule has 0 aliphatic carbocycles. The molecule has 2 N–H and O–H groups in total. The molecule has 3 nitrogen and oxygen atoms in total. The van der Waals surface area contributed by atoms with Crippen LogP contribution in [0.5, 0.6) is 5.75 Å². The molecule has 1 heterocycles. The molecule has 1 rings (SSSR count). The van der Waals surface area contributed by atoms with Crippen LogP contribution in [0, 0.1) is 19.3 Å². The number of nitrogen functional groups attached to an aromatic ring is 1. The quantitative estimate of drug-likeness (QED) is 0.559. The van der Waals surface area contributed by atoms with Crippen LogP contribution in [0.4, 0.5) is 5.82 Å². The van der Waals surface area contributed by atoms with Gasteiger partial charge in [0.2, 0.25) is 0 Å². The van der Waals surface area contributed by atoms with Gasteiger partial charge in [-0.3, -0.25) is 0 Å². The lowest BCUT2D eigenvalue weighted by atomic mass is 10.3. The maximum atomic E-state index is 5.62. The number of rotatable bonds is 3. The Bertz CT molecular complexity index is 328. The third kappa shape index (κ3) is 2.68. The first-order valence-corrected chi connectivity index (χ1v) is 4.03. The van der Waals surface area contributed by atoms with Gasteiger partial charge in [-0.25, -0.2) is 4.98 Å². The SMILES string of the molecule is C#CCCOc1ccc(C)nc1N. The number of hydrogen-bond donors (Lipinski definition) is 1. The van der Waals surface area contributed by atoms with E-state index in [-0.39, 0.29) is 0 Å². The zero-order chi connectivity index (χ0) is 9.68. The Morgan fingerprint density at radius 2 is 2.38 bits per heavy atom. The molecule has 1 aromatic heterocycles. The van der Waals surface area contributed by atoms with E-state index in [1.54, 1.807) is 6.07 Å². The topological polar surface area (TPSA) is 48.1 Å². The van der Waals surface area contributed by atoms with Crippen molar-refractivity contribution in [2.75, 3.05) is 12.3 Å². The van der Waals surface area contributed by atoms with Gasteiger partial charge in [-0.15, -0.1) is 12.3 Å². The lowest BCUT2D eigenvalue weighted by Gasteiger charge is -2.06. The van der Waals surface area contributed by atoms with Gasteiger partial charge in [0.15, 0.2) is 11.6 Å². The van der Waals surface area contributed by atoms with Gasteiger partial charge in [0.25, 0.3) is 0 Å². The number of pyridine rings is 1. The van der Waals surface area contributed by atoms with Gasteiger partial charge in [-0.2, -0.15) is 0 Å². The second-order valence-corrected chi connectivity index (χ2v) is 2.64. The second-order valence-electron chi connectivity index (χ2n) is 2.64. The largest absolute Gasteiger partial charge is 0.489 e. The third-order valence-corrected chi connectivity index (χ3v) is 1.53. The van der Waals surface area contributed by atoms with Crippen LogP contribution in [0.1, 0.15) is 12.1 Å². The molecule has 0 aliphatic heterocycles. The lowest BCUT2D eigenvalue weighted by Crippen LogP contribution is -2.01. The maximum absolute atomic E-state index is 5.62. The van der Waals surface area contributed by atoms with E-state index in [0.717, 1.165) is 5.69 Å². The van der Waals surface area contributed by atoms with Crippen molar-refractivity contribution in [2.45, 2.75) is 13.3 Å². The summed E-state index contributed by atoms with van der Waals surface area (Å²) in [5.41, 5.74) is 6.49. The van der Waals surface area contributed by atoms with Crippen LogP contribution in [0.25, 0.3) is 0 Å². The van der Waals surface area contributed by atoms with Gasteiger partial charge in [-0.05, 0) is 19.1 Å². The summed E-state index contributed by atoms with van der Waals surface area (Å²) in [6.45, 7) is 2.35. The van der Waals surface area contributed by atoms with Gasteiger partial charge in [0.1, 0.15) is 0 Å². The molecule has 0 saturated heterocycles. The molecule has 0 amide bonds. The fourth-order valence-corrected chi connectivity index (χ4v) is 0.906. The minimum Gasteiger partial charge on any atom is -0.489 e. The Hall–Kier alpha value is -1.69. The van der Waals surface area contributed by atoms with Crippen molar-refractivity contribution >= 4 is 5.82 Å². The molecule has 3 heteroatoms. The van der Waals surface area contributed by atoms with Crippen LogP contribution in [0.2, 0.25) is 0 Å². The van der Waals surface area contributed by atoms with Crippen molar-refractivity contribution in [1.29, 1.82) is 0 Å².